The summed E-state index contributed by atoms with van der Waals surface area (Å²) in [6.45, 7) is 3.66. The third kappa shape index (κ3) is 20.8. The van der Waals surface area contributed by atoms with E-state index in [2.05, 4.69) is 21.3 Å². The van der Waals surface area contributed by atoms with E-state index >= 15 is 0 Å². The predicted octanol–water partition coefficient (Wildman–Crippen LogP) is 0.444. The molecule has 0 aliphatic carbocycles. The van der Waals surface area contributed by atoms with Crippen LogP contribution in [0.25, 0.3) is 0 Å². The summed E-state index contributed by atoms with van der Waals surface area (Å²) < 4.78 is 0. The average molecular weight is 477 g/mol. The maximum absolute atomic E-state index is 11.7. The third-order valence-corrected chi connectivity index (χ3v) is 5.92. The van der Waals surface area contributed by atoms with Crippen molar-refractivity contribution in [3.8, 4) is 0 Å². The predicted molar refractivity (Wildman–Crippen MR) is 122 cm³/mol. The summed E-state index contributed by atoms with van der Waals surface area (Å²) in [4.78, 5) is 56.2. The van der Waals surface area contributed by atoms with E-state index in [1.165, 1.54) is 0 Å². The van der Waals surface area contributed by atoms with Crippen molar-refractivity contribution >= 4 is 51.2 Å². The molecule has 0 rings (SSSR count). The quantitative estimate of drug-likeness (QED) is 0.108. The fraction of sp³-hybridized carbons (Fsp3) is 0.632. The summed E-state index contributed by atoms with van der Waals surface area (Å²) in [6, 6.07) is 0. The topological polar surface area (TPSA) is 154 Å². The summed E-state index contributed by atoms with van der Waals surface area (Å²) in [5.41, 5.74) is 0. The van der Waals surface area contributed by atoms with E-state index in [1.807, 2.05) is 0 Å². The second-order valence-corrected chi connectivity index (χ2v) is 8.92. The molecule has 0 heterocycles. The lowest BCUT2D eigenvalue weighted by Crippen LogP contribution is -2.28. The Morgan fingerprint density at radius 3 is 1.74 bits per heavy atom. The Morgan fingerprint density at radius 2 is 1.23 bits per heavy atom. The van der Waals surface area contributed by atoms with Crippen molar-refractivity contribution in [1.82, 2.24) is 21.3 Å². The summed E-state index contributed by atoms with van der Waals surface area (Å²) in [7, 11) is 3.17. The van der Waals surface area contributed by atoms with Gasteiger partial charge in [-0.05, 0) is 19.8 Å². The van der Waals surface area contributed by atoms with Gasteiger partial charge in [-0.25, -0.2) is 0 Å². The van der Waals surface area contributed by atoms with Crippen LogP contribution in [0.4, 0.5) is 0 Å². The first kappa shape index (κ1) is 28.8. The number of likely N-dealkylation sites (N-methyl/N-ethyl adjacent to an activating group) is 1. The van der Waals surface area contributed by atoms with Crippen molar-refractivity contribution in [2.75, 3.05) is 37.7 Å². The lowest BCUT2D eigenvalue weighted by molar-refractivity contribution is -0.137. The average Bonchev–Trinajstić information content (AvgIpc) is 2.71. The van der Waals surface area contributed by atoms with Gasteiger partial charge in [0.25, 0.3) is 0 Å². The molecule has 5 N–H and O–H groups in total. The van der Waals surface area contributed by atoms with Crippen LogP contribution in [-0.4, -0.2) is 72.4 Å². The van der Waals surface area contributed by atoms with E-state index in [1.54, 1.807) is 28.5 Å². The Morgan fingerprint density at radius 1 is 0.710 bits per heavy atom. The molecular weight excluding hydrogens is 444 g/mol. The standard InChI is InChI=1S/C19H32N4O6S2/c1-2-20-17(26)8-9-18(27)21-10-4-6-16(25)23-12-14-31-30-13-11-22-15(24)5-3-7-19(28)29/h8-9H,2-7,10-14H2,1H3,(H,20,26)(H,21,27)(H,22,24)(H,23,25)(H,28,29). The minimum atomic E-state index is -0.902. The molecule has 0 atom stereocenters. The highest BCUT2D eigenvalue weighted by atomic mass is 33.1. The fourth-order valence-electron chi connectivity index (χ4n) is 2.06. The van der Waals surface area contributed by atoms with E-state index in [9.17, 15) is 24.0 Å². The molecule has 0 aliphatic heterocycles. The van der Waals surface area contributed by atoms with E-state index < -0.39 is 5.97 Å². The number of carboxylic acid groups (broad SMARTS) is 1. The van der Waals surface area contributed by atoms with Crippen LogP contribution in [0.5, 0.6) is 0 Å². The number of hydrogen-bond acceptors (Lipinski definition) is 7. The van der Waals surface area contributed by atoms with Crippen LogP contribution >= 0.6 is 21.6 Å². The molecule has 0 aromatic carbocycles. The van der Waals surface area contributed by atoms with Crippen LogP contribution in [0, 0.1) is 0 Å². The normalized spacial score (nSPS) is 10.5. The van der Waals surface area contributed by atoms with Crippen molar-refractivity contribution in [2.45, 2.75) is 39.0 Å². The fourth-order valence-corrected chi connectivity index (χ4v) is 3.88. The molecule has 0 bridgehead atoms. The molecule has 176 valence electrons. The summed E-state index contributed by atoms with van der Waals surface area (Å²) >= 11 is 0. The number of hydrogen-bond donors (Lipinski definition) is 5. The highest BCUT2D eigenvalue weighted by Gasteiger charge is 2.04. The molecule has 0 spiro atoms. The van der Waals surface area contributed by atoms with Gasteiger partial charge < -0.3 is 26.4 Å². The summed E-state index contributed by atoms with van der Waals surface area (Å²) in [5.74, 6) is -0.398. The lowest BCUT2D eigenvalue weighted by Gasteiger charge is -2.06. The van der Waals surface area contributed by atoms with Crippen LogP contribution in [0.2, 0.25) is 0 Å². The van der Waals surface area contributed by atoms with Gasteiger partial charge in [0.05, 0.1) is 0 Å². The number of carbonyl (C=O) groups excluding carboxylic acids is 4. The molecule has 12 heteroatoms. The maximum Gasteiger partial charge on any atom is 0.303 e. The zero-order valence-corrected chi connectivity index (χ0v) is 19.4. The van der Waals surface area contributed by atoms with Crippen LogP contribution in [0.3, 0.4) is 0 Å². The molecule has 0 unspecified atom stereocenters. The molecular formula is C19H32N4O6S2. The monoisotopic (exact) mass is 476 g/mol. The zero-order chi connectivity index (χ0) is 23.3. The molecule has 0 aromatic heterocycles. The summed E-state index contributed by atoms with van der Waals surface area (Å²) in [6.07, 6.45) is 3.67. The van der Waals surface area contributed by atoms with Crippen LogP contribution < -0.4 is 21.3 Å². The van der Waals surface area contributed by atoms with Crippen LogP contribution in [-0.2, 0) is 24.0 Å². The van der Waals surface area contributed by atoms with Gasteiger partial charge in [0.2, 0.25) is 23.6 Å². The molecule has 0 radical (unpaired) electrons. The van der Waals surface area contributed by atoms with Crippen molar-refractivity contribution in [1.29, 1.82) is 0 Å². The Kier molecular flexibility index (Phi) is 18.3. The van der Waals surface area contributed by atoms with Crippen molar-refractivity contribution in [3.05, 3.63) is 12.2 Å². The SMILES string of the molecule is CCNC(=O)C=CC(=O)NCCCC(=O)NCCSSCCNC(=O)CCCC(=O)O. The molecule has 0 aromatic rings. The van der Waals surface area contributed by atoms with Crippen molar-refractivity contribution in [3.63, 3.8) is 0 Å². The second kappa shape index (κ2) is 19.7. The smallest absolute Gasteiger partial charge is 0.303 e. The number of aliphatic carboxylic acids is 1. The first-order chi connectivity index (χ1) is 14.8. The Bertz CT molecular complexity index is 616. The van der Waals surface area contributed by atoms with Gasteiger partial charge in [-0.2, -0.15) is 0 Å². The van der Waals surface area contributed by atoms with Gasteiger partial charge in [0, 0.05) is 69.1 Å². The lowest BCUT2D eigenvalue weighted by atomic mass is 10.2. The molecule has 10 nitrogen and oxygen atoms in total. The van der Waals surface area contributed by atoms with Crippen LogP contribution in [0.1, 0.15) is 39.0 Å². The highest BCUT2D eigenvalue weighted by molar-refractivity contribution is 8.76. The Balaban J connectivity index is 3.50. The molecule has 0 saturated carbocycles. The van der Waals surface area contributed by atoms with E-state index in [0.29, 0.717) is 45.4 Å². The number of nitrogens with one attached hydrogen (secondary N) is 4. The number of carboxylic acids is 1. The van der Waals surface area contributed by atoms with Gasteiger partial charge in [-0.3, -0.25) is 24.0 Å². The Labute approximate surface area is 190 Å². The van der Waals surface area contributed by atoms with Crippen molar-refractivity contribution in [2.24, 2.45) is 0 Å². The van der Waals surface area contributed by atoms with Gasteiger partial charge in [0.15, 0.2) is 0 Å². The molecule has 4 amide bonds. The molecule has 0 saturated heterocycles. The second-order valence-electron chi connectivity index (χ2n) is 6.21. The number of carbonyl (C=O) groups is 5. The first-order valence-corrected chi connectivity index (χ1v) is 12.6. The van der Waals surface area contributed by atoms with E-state index in [0.717, 1.165) is 23.7 Å². The molecule has 0 fully saturated rings. The minimum absolute atomic E-state index is 0.00503. The highest BCUT2D eigenvalue weighted by Crippen LogP contribution is 2.19. The first-order valence-electron chi connectivity index (χ1n) is 10.1. The van der Waals surface area contributed by atoms with Crippen molar-refractivity contribution < 1.29 is 29.1 Å². The van der Waals surface area contributed by atoms with Crippen LogP contribution in [0.15, 0.2) is 12.2 Å². The molecule has 31 heavy (non-hydrogen) atoms. The van der Waals surface area contributed by atoms with Gasteiger partial charge in [-0.15, -0.1) is 0 Å². The van der Waals surface area contributed by atoms with Gasteiger partial charge in [0.1, 0.15) is 0 Å². The van der Waals surface area contributed by atoms with E-state index in [4.69, 9.17) is 5.11 Å². The molecule has 0 aliphatic rings. The largest absolute Gasteiger partial charge is 0.481 e. The Hall–Kier alpha value is -2.21. The maximum atomic E-state index is 11.7. The van der Waals surface area contributed by atoms with Gasteiger partial charge in [-0.1, -0.05) is 21.6 Å². The number of rotatable bonds is 18. The van der Waals surface area contributed by atoms with Gasteiger partial charge >= 0.3 is 5.97 Å². The number of amides is 4. The zero-order valence-electron chi connectivity index (χ0n) is 17.7. The van der Waals surface area contributed by atoms with E-state index in [-0.39, 0.29) is 36.5 Å². The third-order valence-electron chi connectivity index (χ3n) is 3.51. The summed E-state index contributed by atoms with van der Waals surface area (Å²) in [5, 5.41) is 19.2. The minimum Gasteiger partial charge on any atom is -0.481 e.